The molecule has 0 amide bonds. The van der Waals surface area contributed by atoms with Crippen LogP contribution in [-0.4, -0.2) is 16.8 Å². The summed E-state index contributed by atoms with van der Waals surface area (Å²) in [5.74, 6) is 0. The average Bonchev–Trinajstić information content (AvgIpc) is 2.39. The molecule has 0 heterocycles. The van der Waals surface area contributed by atoms with E-state index in [-0.39, 0.29) is 0 Å². The highest BCUT2D eigenvalue weighted by molar-refractivity contribution is 7.84. The van der Waals surface area contributed by atoms with Crippen molar-refractivity contribution in [3.63, 3.8) is 0 Å². The molecule has 17 heavy (non-hydrogen) atoms. The molecule has 3 heteroatoms. The van der Waals surface area contributed by atoms with E-state index in [1.807, 2.05) is 36.4 Å². The van der Waals surface area contributed by atoms with Gasteiger partial charge in [0, 0.05) is 16.7 Å². The maximum absolute atomic E-state index is 11.6. The Morgan fingerprint density at radius 2 is 1.65 bits per heavy atom. The van der Waals surface area contributed by atoms with Crippen LogP contribution in [0.1, 0.15) is 10.4 Å². The minimum absolute atomic E-state index is 0.642. The van der Waals surface area contributed by atoms with Crippen molar-refractivity contribution in [1.29, 1.82) is 0 Å². The van der Waals surface area contributed by atoms with Crippen molar-refractivity contribution in [2.75, 3.05) is 6.26 Å². The molecule has 0 unspecified atom stereocenters. The van der Waals surface area contributed by atoms with Crippen molar-refractivity contribution >= 4 is 17.1 Å². The third-order valence-corrected chi connectivity index (χ3v) is 3.53. The van der Waals surface area contributed by atoms with Crippen molar-refractivity contribution in [2.45, 2.75) is 4.90 Å². The SMILES string of the molecule is C[S@@](=O)c1ccccc1-c1ccc(C=O)cc1. The van der Waals surface area contributed by atoms with Crippen LogP contribution < -0.4 is 0 Å². The Balaban J connectivity index is 2.52. The second-order valence-corrected chi connectivity index (χ2v) is 5.04. The first-order chi connectivity index (χ1) is 8.22. The second kappa shape index (κ2) is 5.06. The number of carbonyl (C=O) groups excluding carboxylic acids is 1. The van der Waals surface area contributed by atoms with E-state index in [4.69, 9.17) is 0 Å². The summed E-state index contributed by atoms with van der Waals surface area (Å²) < 4.78 is 11.6. The van der Waals surface area contributed by atoms with E-state index in [1.54, 1.807) is 18.4 Å². The van der Waals surface area contributed by atoms with Gasteiger partial charge in [0.15, 0.2) is 0 Å². The van der Waals surface area contributed by atoms with Crippen LogP contribution in [0.25, 0.3) is 11.1 Å². The molecule has 0 spiro atoms. The van der Waals surface area contributed by atoms with Gasteiger partial charge < -0.3 is 0 Å². The van der Waals surface area contributed by atoms with E-state index < -0.39 is 10.8 Å². The second-order valence-electron chi connectivity index (χ2n) is 3.69. The quantitative estimate of drug-likeness (QED) is 0.778. The number of hydrogen-bond acceptors (Lipinski definition) is 2. The first-order valence-electron chi connectivity index (χ1n) is 5.20. The van der Waals surface area contributed by atoms with Crippen molar-refractivity contribution < 1.29 is 9.00 Å². The van der Waals surface area contributed by atoms with Crippen LogP contribution in [-0.2, 0) is 10.8 Å². The normalized spacial score (nSPS) is 12.1. The summed E-state index contributed by atoms with van der Waals surface area (Å²) in [6.07, 6.45) is 2.48. The minimum atomic E-state index is -1.02. The summed E-state index contributed by atoms with van der Waals surface area (Å²) in [5, 5.41) is 0. The first-order valence-corrected chi connectivity index (χ1v) is 6.76. The summed E-state index contributed by atoms with van der Waals surface area (Å²) in [4.78, 5) is 11.4. The maximum Gasteiger partial charge on any atom is 0.150 e. The van der Waals surface area contributed by atoms with Crippen molar-refractivity contribution in [3.8, 4) is 11.1 Å². The van der Waals surface area contributed by atoms with Crippen LogP contribution in [0, 0.1) is 0 Å². The molecule has 2 rings (SSSR count). The van der Waals surface area contributed by atoms with Gasteiger partial charge in [-0.15, -0.1) is 0 Å². The van der Waals surface area contributed by atoms with Gasteiger partial charge in [-0.2, -0.15) is 0 Å². The molecule has 2 aromatic rings. The minimum Gasteiger partial charge on any atom is -0.298 e. The van der Waals surface area contributed by atoms with E-state index in [0.29, 0.717) is 5.56 Å². The molecule has 0 aliphatic rings. The van der Waals surface area contributed by atoms with Crippen LogP contribution >= 0.6 is 0 Å². The Labute approximate surface area is 103 Å². The van der Waals surface area contributed by atoms with Gasteiger partial charge in [0.25, 0.3) is 0 Å². The van der Waals surface area contributed by atoms with Gasteiger partial charge in [-0.3, -0.25) is 9.00 Å². The molecule has 0 saturated heterocycles. The smallest absolute Gasteiger partial charge is 0.150 e. The predicted octanol–water partition coefficient (Wildman–Crippen LogP) is 2.90. The molecule has 0 aliphatic heterocycles. The molecule has 1 atom stereocenters. The van der Waals surface area contributed by atoms with Gasteiger partial charge in [0.05, 0.1) is 10.8 Å². The lowest BCUT2D eigenvalue weighted by molar-refractivity contribution is 0.112. The summed E-state index contributed by atoms with van der Waals surface area (Å²) in [5.41, 5.74) is 2.57. The lowest BCUT2D eigenvalue weighted by Crippen LogP contribution is -1.91. The molecular weight excluding hydrogens is 232 g/mol. The fourth-order valence-corrected chi connectivity index (χ4v) is 2.46. The van der Waals surface area contributed by atoms with Crippen molar-refractivity contribution in [1.82, 2.24) is 0 Å². The van der Waals surface area contributed by atoms with E-state index in [0.717, 1.165) is 22.3 Å². The number of benzene rings is 2. The van der Waals surface area contributed by atoms with Gasteiger partial charge in [0.2, 0.25) is 0 Å². The Hall–Kier alpha value is -1.74. The van der Waals surface area contributed by atoms with Crippen LogP contribution in [0.2, 0.25) is 0 Å². The molecule has 0 bridgehead atoms. The highest BCUT2D eigenvalue weighted by Crippen LogP contribution is 2.25. The fourth-order valence-electron chi connectivity index (χ4n) is 1.70. The topological polar surface area (TPSA) is 34.1 Å². The lowest BCUT2D eigenvalue weighted by Gasteiger charge is -2.07. The zero-order valence-electron chi connectivity index (χ0n) is 9.42. The molecule has 0 aromatic heterocycles. The predicted molar refractivity (Wildman–Crippen MR) is 69.6 cm³/mol. The summed E-state index contributed by atoms with van der Waals surface area (Å²) >= 11 is 0. The third kappa shape index (κ3) is 2.50. The van der Waals surface area contributed by atoms with Crippen molar-refractivity contribution in [2.24, 2.45) is 0 Å². The zero-order chi connectivity index (χ0) is 12.3. The molecule has 0 saturated carbocycles. The average molecular weight is 244 g/mol. The molecular formula is C14H12O2S. The largest absolute Gasteiger partial charge is 0.298 e. The van der Waals surface area contributed by atoms with Crippen LogP contribution in [0.3, 0.4) is 0 Å². The molecule has 2 nitrogen and oxygen atoms in total. The molecule has 0 fully saturated rings. The Morgan fingerprint density at radius 3 is 2.24 bits per heavy atom. The maximum atomic E-state index is 11.6. The summed E-state index contributed by atoms with van der Waals surface area (Å²) in [6.45, 7) is 0. The van der Waals surface area contributed by atoms with E-state index in [9.17, 15) is 9.00 Å². The molecule has 0 N–H and O–H groups in total. The molecule has 2 aromatic carbocycles. The van der Waals surface area contributed by atoms with Gasteiger partial charge >= 0.3 is 0 Å². The van der Waals surface area contributed by atoms with Crippen LogP contribution in [0.4, 0.5) is 0 Å². The number of rotatable bonds is 3. The number of aldehydes is 1. The summed E-state index contributed by atoms with van der Waals surface area (Å²) in [7, 11) is -1.02. The van der Waals surface area contributed by atoms with E-state index >= 15 is 0 Å². The summed E-state index contributed by atoms with van der Waals surface area (Å²) in [6, 6.07) is 14.9. The van der Waals surface area contributed by atoms with E-state index in [2.05, 4.69) is 0 Å². The monoisotopic (exact) mass is 244 g/mol. The van der Waals surface area contributed by atoms with Gasteiger partial charge in [-0.05, 0) is 17.2 Å². The fraction of sp³-hybridized carbons (Fsp3) is 0.0714. The van der Waals surface area contributed by atoms with Crippen molar-refractivity contribution in [3.05, 3.63) is 54.1 Å². The standard InChI is InChI=1S/C14H12O2S/c1-17(16)14-5-3-2-4-13(14)12-8-6-11(10-15)7-9-12/h2-10H,1H3/t17-/m1/s1. The highest BCUT2D eigenvalue weighted by Gasteiger charge is 2.06. The first kappa shape index (κ1) is 11.7. The van der Waals surface area contributed by atoms with Gasteiger partial charge in [0.1, 0.15) is 6.29 Å². The lowest BCUT2D eigenvalue weighted by atomic mass is 10.0. The molecule has 0 aliphatic carbocycles. The van der Waals surface area contributed by atoms with Crippen LogP contribution in [0.5, 0.6) is 0 Å². The molecule has 0 radical (unpaired) electrons. The van der Waals surface area contributed by atoms with Gasteiger partial charge in [-0.1, -0.05) is 42.5 Å². The highest BCUT2D eigenvalue weighted by atomic mass is 32.2. The number of hydrogen-bond donors (Lipinski definition) is 0. The third-order valence-electron chi connectivity index (χ3n) is 2.55. The van der Waals surface area contributed by atoms with E-state index in [1.165, 1.54) is 0 Å². The number of carbonyl (C=O) groups is 1. The van der Waals surface area contributed by atoms with Crippen LogP contribution in [0.15, 0.2) is 53.4 Å². The Morgan fingerprint density at radius 1 is 1.00 bits per heavy atom. The Bertz CT molecular complexity index is 559. The Kier molecular flexibility index (Phi) is 3.49. The van der Waals surface area contributed by atoms with Gasteiger partial charge in [-0.25, -0.2) is 0 Å². The zero-order valence-corrected chi connectivity index (χ0v) is 10.2. The molecule has 86 valence electrons.